The van der Waals surface area contributed by atoms with E-state index >= 15 is 0 Å². The Balaban J connectivity index is 1.45. The second kappa shape index (κ2) is 11.7. The number of morpholine rings is 1. The zero-order chi connectivity index (χ0) is 23.8. The molecular weight excluding hydrogens is 468 g/mol. The van der Waals surface area contributed by atoms with E-state index in [0.717, 1.165) is 5.56 Å². The smallest absolute Gasteiger partial charge is 0.261 e. The van der Waals surface area contributed by atoms with Crippen LogP contribution >= 0.6 is 11.6 Å². The van der Waals surface area contributed by atoms with E-state index in [4.69, 9.17) is 25.8 Å². The highest BCUT2D eigenvalue weighted by atomic mass is 35.5. The molecule has 0 spiro atoms. The van der Waals surface area contributed by atoms with Gasteiger partial charge in [0, 0.05) is 18.1 Å². The van der Waals surface area contributed by atoms with Crippen LogP contribution in [0.2, 0.25) is 5.02 Å². The normalized spacial score (nSPS) is 15.6. The average molecular weight is 497 g/mol. The van der Waals surface area contributed by atoms with E-state index in [1.807, 2.05) is 13.8 Å². The molecule has 1 amide bonds. The summed E-state index contributed by atoms with van der Waals surface area (Å²) in [5.41, 5.74) is 0.876. The van der Waals surface area contributed by atoms with Crippen molar-refractivity contribution in [1.82, 2.24) is 9.62 Å². The summed E-state index contributed by atoms with van der Waals surface area (Å²) in [6.45, 7) is 5.75. The molecule has 180 valence electrons. The molecule has 0 radical (unpaired) electrons. The van der Waals surface area contributed by atoms with Crippen LogP contribution in [0.25, 0.3) is 0 Å². The van der Waals surface area contributed by atoms with E-state index in [1.165, 1.54) is 16.4 Å². The Labute approximate surface area is 199 Å². The second-order valence-corrected chi connectivity index (χ2v) is 9.90. The summed E-state index contributed by atoms with van der Waals surface area (Å²) in [6, 6.07) is 11.5. The molecule has 33 heavy (non-hydrogen) atoms. The van der Waals surface area contributed by atoms with Gasteiger partial charge in [-0.3, -0.25) is 4.79 Å². The molecule has 2 aromatic carbocycles. The molecule has 0 aliphatic carbocycles. The summed E-state index contributed by atoms with van der Waals surface area (Å²) >= 11 is 6.03. The van der Waals surface area contributed by atoms with Crippen molar-refractivity contribution in [2.24, 2.45) is 0 Å². The highest BCUT2D eigenvalue weighted by Gasteiger charge is 2.26. The Kier molecular flexibility index (Phi) is 8.96. The van der Waals surface area contributed by atoms with E-state index in [-0.39, 0.29) is 24.0 Å². The quantitative estimate of drug-likeness (QED) is 0.508. The summed E-state index contributed by atoms with van der Waals surface area (Å²) < 4.78 is 43.4. The van der Waals surface area contributed by atoms with E-state index in [9.17, 15) is 13.2 Å². The maximum absolute atomic E-state index is 12.7. The molecule has 1 unspecified atom stereocenters. The van der Waals surface area contributed by atoms with Gasteiger partial charge in [-0.2, -0.15) is 4.31 Å². The monoisotopic (exact) mass is 496 g/mol. The van der Waals surface area contributed by atoms with Gasteiger partial charge in [0.2, 0.25) is 10.0 Å². The molecule has 1 heterocycles. The molecule has 1 fully saturated rings. The number of ether oxygens (including phenoxy) is 3. The summed E-state index contributed by atoms with van der Waals surface area (Å²) in [5.74, 6) is 0.869. The van der Waals surface area contributed by atoms with Gasteiger partial charge in [0.25, 0.3) is 5.91 Å². The number of sulfonamides is 1. The second-order valence-electron chi connectivity index (χ2n) is 7.55. The predicted molar refractivity (Wildman–Crippen MR) is 125 cm³/mol. The van der Waals surface area contributed by atoms with Crippen molar-refractivity contribution in [3.05, 3.63) is 53.1 Å². The standard InChI is InChI=1S/C23H29ClN2O6S/c1-3-22(32-19-6-9-21(24)17(2)16-19)23(27)25-10-13-31-18-4-7-20(8-5-18)33(28,29)26-11-14-30-15-12-26/h4-9,16,22H,3,10-15H2,1-2H3,(H,25,27). The maximum atomic E-state index is 12.7. The van der Waals surface area contributed by atoms with Gasteiger partial charge >= 0.3 is 0 Å². The fraction of sp³-hybridized carbons (Fsp3) is 0.435. The molecule has 0 saturated carbocycles. The Morgan fingerprint density at radius 2 is 1.82 bits per heavy atom. The fourth-order valence-electron chi connectivity index (χ4n) is 3.28. The van der Waals surface area contributed by atoms with Crippen molar-refractivity contribution in [3.63, 3.8) is 0 Å². The van der Waals surface area contributed by atoms with Crippen LogP contribution in [0, 0.1) is 6.92 Å². The third-order valence-electron chi connectivity index (χ3n) is 5.17. The minimum atomic E-state index is -3.54. The van der Waals surface area contributed by atoms with Crippen molar-refractivity contribution in [2.45, 2.75) is 31.3 Å². The Morgan fingerprint density at radius 3 is 2.45 bits per heavy atom. The lowest BCUT2D eigenvalue weighted by Crippen LogP contribution is -2.40. The number of carbonyl (C=O) groups excluding carboxylic acids is 1. The number of hydrogen-bond donors (Lipinski definition) is 1. The number of halogens is 1. The largest absolute Gasteiger partial charge is 0.492 e. The van der Waals surface area contributed by atoms with Crippen molar-refractivity contribution in [3.8, 4) is 11.5 Å². The molecule has 1 atom stereocenters. The summed E-state index contributed by atoms with van der Waals surface area (Å²) in [4.78, 5) is 12.7. The number of amides is 1. The molecule has 0 aromatic heterocycles. The zero-order valence-corrected chi connectivity index (χ0v) is 20.3. The van der Waals surface area contributed by atoms with Crippen LogP contribution in [0.1, 0.15) is 18.9 Å². The lowest BCUT2D eigenvalue weighted by atomic mass is 10.2. The van der Waals surface area contributed by atoms with Gasteiger partial charge in [0.05, 0.1) is 24.7 Å². The average Bonchev–Trinajstić information content (AvgIpc) is 2.83. The fourth-order valence-corrected chi connectivity index (χ4v) is 4.80. The Bertz CT molecular complexity index is 1040. The van der Waals surface area contributed by atoms with Crippen molar-refractivity contribution in [2.75, 3.05) is 39.5 Å². The van der Waals surface area contributed by atoms with Crippen molar-refractivity contribution < 1.29 is 27.4 Å². The van der Waals surface area contributed by atoms with E-state index in [0.29, 0.717) is 49.2 Å². The molecule has 3 rings (SSSR count). The Hall–Kier alpha value is -2.33. The van der Waals surface area contributed by atoms with Gasteiger partial charge in [0.15, 0.2) is 6.10 Å². The van der Waals surface area contributed by atoms with Crippen molar-refractivity contribution >= 4 is 27.5 Å². The van der Waals surface area contributed by atoms with Crippen LogP contribution in [0.15, 0.2) is 47.4 Å². The first-order valence-corrected chi connectivity index (χ1v) is 12.6. The first-order valence-electron chi connectivity index (χ1n) is 10.8. The van der Waals surface area contributed by atoms with Crippen LogP contribution < -0.4 is 14.8 Å². The first-order chi connectivity index (χ1) is 15.8. The molecule has 8 nitrogen and oxygen atoms in total. The molecule has 1 aliphatic heterocycles. The maximum Gasteiger partial charge on any atom is 0.261 e. The van der Waals surface area contributed by atoms with Crippen LogP contribution in [0.3, 0.4) is 0 Å². The highest BCUT2D eigenvalue weighted by Crippen LogP contribution is 2.23. The van der Waals surface area contributed by atoms with Gasteiger partial charge in [-0.15, -0.1) is 0 Å². The van der Waals surface area contributed by atoms with Gasteiger partial charge < -0.3 is 19.5 Å². The molecular formula is C23H29ClN2O6S. The molecule has 1 N–H and O–H groups in total. The summed E-state index contributed by atoms with van der Waals surface area (Å²) in [7, 11) is -3.54. The molecule has 10 heteroatoms. The van der Waals surface area contributed by atoms with Gasteiger partial charge in [-0.1, -0.05) is 18.5 Å². The van der Waals surface area contributed by atoms with Gasteiger partial charge in [0.1, 0.15) is 18.1 Å². The number of hydrogen-bond acceptors (Lipinski definition) is 6. The van der Waals surface area contributed by atoms with Gasteiger partial charge in [-0.05, 0) is 61.4 Å². The van der Waals surface area contributed by atoms with E-state index < -0.39 is 16.1 Å². The topological polar surface area (TPSA) is 94.2 Å². The lowest BCUT2D eigenvalue weighted by molar-refractivity contribution is -0.128. The number of carbonyl (C=O) groups is 1. The number of nitrogens with zero attached hydrogens (tertiary/aromatic N) is 1. The predicted octanol–water partition coefficient (Wildman–Crippen LogP) is 3.02. The molecule has 0 bridgehead atoms. The number of nitrogens with one attached hydrogen (secondary N) is 1. The SMILES string of the molecule is CCC(Oc1ccc(Cl)c(C)c1)C(=O)NCCOc1ccc(S(=O)(=O)N2CCOCC2)cc1. The zero-order valence-electron chi connectivity index (χ0n) is 18.8. The molecule has 1 aliphatic rings. The minimum Gasteiger partial charge on any atom is -0.492 e. The summed E-state index contributed by atoms with van der Waals surface area (Å²) in [6.07, 6.45) is -0.122. The minimum absolute atomic E-state index is 0.213. The lowest BCUT2D eigenvalue weighted by Gasteiger charge is -2.26. The molecule has 2 aromatic rings. The number of rotatable bonds is 10. The third kappa shape index (κ3) is 6.83. The molecule has 1 saturated heterocycles. The third-order valence-corrected chi connectivity index (χ3v) is 7.51. The van der Waals surface area contributed by atoms with Crippen molar-refractivity contribution in [1.29, 1.82) is 0 Å². The van der Waals surface area contributed by atoms with Gasteiger partial charge in [-0.25, -0.2) is 8.42 Å². The highest BCUT2D eigenvalue weighted by molar-refractivity contribution is 7.89. The van der Waals surface area contributed by atoms with E-state index in [1.54, 1.807) is 30.3 Å². The van der Waals surface area contributed by atoms with Crippen LogP contribution in [0.4, 0.5) is 0 Å². The van der Waals surface area contributed by atoms with Crippen LogP contribution in [0.5, 0.6) is 11.5 Å². The van der Waals surface area contributed by atoms with E-state index in [2.05, 4.69) is 5.32 Å². The van der Waals surface area contributed by atoms with Crippen LogP contribution in [-0.2, 0) is 19.6 Å². The number of benzene rings is 2. The first kappa shape index (κ1) is 25.3. The van der Waals surface area contributed by atoms with Crippen LogP contribution in [-0.4, -0.2) is 64.2 Å². The summed E-state index contributed by atoms with van der Waals surface area (Å²) in [5, 5.41) is 3.44. The Morgan fingerprint density at radius 1 is 1.15 bits per heavy atom. The number of aryl methyl sites for hydroxylation is 1.